The van der Waals surface area contributed by atoms with Gasteiger partial charge in [-0.1, -0.05) is 62.2 Å². The second-order valence-electron chi connectivity index (χ2n) is 6.21. The highest BCUT2D eigenvalue weighted by molar-refractivity contribution is 5.13. The van der Waals surface area contributed by atoms with Crippen molar-refractivity contribution >= 4 is 0 Å². The largest absolute Gasteiger partial charge is 0.374 e. The molecule has 0 bridgehead atoms. The molecular formula is C19H28O3. The summed E-state index contributed by atoms with van der Waals surface area (Å²) in [4.78, 5) is 0. The number of ether oxygens (including phenoxy) is 3. The van der Waals surface area contributed by atoms with Gasteiger partial charge in [0.1, 0.15) is 12.2 Å². The predicted molar refractivity (Wildman–Crippen MR) is 88.6 cm³/mol. The Balaban J connectivity index is 1.82. The quantitative estimate of drug-likeness (QED) is 0.524. The van der Waals surface area contributed by atoms with Crippen LogP contribution in [0.4, 0.5) is 0 Å². The highest BCUT2D eigenvalue weighted by Crippen LogP contribution is 2.29. The smallest absolute Gasteiger partial charge is 0.164 e. The van der Waals surface area contributed by atoms with Gasteiger partial charge in [0, 0.05) is 0 Å². The first-order chi connectivity index (χ1) is 10.6. The lowest BCUT2D eigenvalue weighted by Crippen LogP contribution is -2.26. The van der Waals surface area contributed by atoms with E-state index in [0.717, 1.165) is 6.42 Å². The summed E-state index contributed by atoms with van der Waals surface area (Å²) in [6.07, 6.45) is 7.77. The van der Waals surface area contributed by atoms with E-state index in [9.17, 15) is 0 Å². The Kier molecular flexibility index (Phi) is 6.62. The van der Waals surface area contributed by atoms with Gasteiger partial charge in [0.2, 0.25) is 0 Å². The van der Waals surface area contributed by atoms with Crippen LogP contribution in [0.1, 0.15) is 45.6 Å². The standard InChI is InChI=1S/C19H28O3/c1-4-5-6-10-13-17-18(22-19(2,3)21-17)15-20-14-16-11-8-7-9-12-16/h7-13,17-18H,4-6,14-15H2,1-3H3/b13-10+/t17-,18-/m0/s1. The first-order valence-corrected chi connectivity index (χ1v) is 8.24. The topological polar surface area (TPSA) is 27.7 Å². The van der Waals surface area contributed by atoms with Gasteiger partial charge >= 0.3 is 0 Å². The second kappa shape index (κ2) is 8.47. The third-order valence-corrected chi connectivity index (χ3v) is 3.67. The van der Waals surface area contributed by atoms with Crippen molar-refractivity contribution in [3.05, 3.63) is 48.0 Å². The SMILES string of the molecule is CCCC/C=C/[C@@H]1OC(C)(C)O[C@H]1COCc1ccccc1. The Morgan fingerprint density at radius 2 is 1.95 bits per heavy atom. The van der Waals surface area contributed by atoms with Crippen LogP contribution in [-0.4, -0.2) is 24.6 Å². The molecule has 0 aliphatic carbocycles. The molecule has 0 radical (unpaired) electrons. The summed E-state index contributed by atoms with van der Waals surface area (Å²) in [7, 11) is 0. The lowest BCUT2D eigenvalue weighted by Gasteiger charge is -2.16. The average Bonchev–Trinajstić information content (AvgIpc) is 2.79. The third kappa shape index (κ3) is 5.56. The van der Waals surface area contributed by atoms with E-state index in [1.807, 2.05) is 32.0 Å². The molecule has 1 heterocycles. The van der Waals surface area contributed by atoms with E-state index in [4.69, 9.17) is 14.2 Å². The molecule has 3 heteroatoms. The summed E-state index contributed by atoms with van der Waals surface area (Å²) in [5.41, 5.74) is 1.18. The van der Waals surface area contributed by atoms with Gasteiger partial charge in [-0.2, -0.15) is 0 Å². The van der Waals surface area contributed by atoms with Crippen molar-refractivity contribution in [2.45, 2.75) is 64.6 Å². The van der Waals surface area contributed by atoms with Crippen molar-refractivity contribution in [3.63, 3.8) is 0 Å². The number of allylic oxidation sites excluding steroid dienone is 1. The van der Waals surface area contributed by atoms with Crippen LogP contribution in [0.25, 0.3) is 0 Å². The molecule has 2 atom stereocenters. The lowest BCUT2D eigenvalue weighted by molar-refractivity contribution is -0.148. The van der Waals surface area contributed by atoms with Gasteiger partial charge in [0.15, 0.2) is 5.79 Å². The number of benzene rings is 1. The Hall–Kier alpha value is -1.16. The molecule has 2 rings (SSSR count). The molecule has 1 aliphatic heterocycles. The highest BCUT2D eigenvalue weighted by atomic mass is 16.8. The predicted octanol–water partition coefficient (Wildman–Crippen LogP) is 4.47. The fourth-order valence-electron chi connectivity index (χ4n) is 2.57. The first kappa shape index (κ1) is 17.2. The van der Waals surface area contributed by atoms with Crippen LogP contribution in [0.5, 0.6) is 0 Å². The fourth-order valence-corrected chi connectivity index (χ4v) is 2.57. The minimum absolute atomic E-state index is 0.0253. The van der Waals surface area contributed by atoms with Crippen molar-refractivity contribution in [1.29, 1.82) is 0 Å². The van der Waals surface area contributed by atoms with E-state index in [1.165, 1.54) is 18.4 Å². The molecule has 1 aromatic rings. The summed E-state index contributed by atoms with van der Waals surface area (Å²) in [5.74, 6) is -0.541. The summed E-state index contributed by atoms with van der Waals surface area (Å²) >= 11 is 0. The Labute approximate surface area is 134 Å². The molecule has 122 valence electrons. The van der Waals surface area contributed by atoms with Crippen molar-refractivity contribution in [3.8, 4) is 0 Å². The van der Waals surface area contributed by atoms with Crippen molar-refractivity contribution in [2.75, 3.05) is 6.61 Å². The van der Waals surface area contributed by atoms with Crippen LogP contribution >= 0.6 is 0 Å². The van der Waals surface area contributed by atoms with Gasteiger partial charge < -0.3 is 14.2 Å². The molecule has 1 aromatic carbocycles. The molecule has 1 saturated heterocycles. The normalized spacial score (nSPS) is 24.1. The van der Waals surface area contributed by atoms with Crippen LogP contribution in [0, 0.1) is 0 Å². The second-order valence-corrected chi connectivity index (χ2v) is 6.21. The molecule has 0 saturated carbocycles. The zero-order valence-electron chi connectivity index (χ0n) is 14.0. The summed E-state index contributed by atoms with van der Waals surface area (Å²) in [5, 5.41) is 0. The summed E-state index contributed by atoms with van der Waals surface area (Å²) < 4.78 is 17.7. The van der Waals surface area contributed by atoms with Crippen molar-refractivity contribution in [2.24, 2.45) is 0 Å². The third-order valence-electron chi connectivity index (χ3n) is 3.67. The molecule has 1 aliphatic rings. The van der Waals surface area contributed by atoms with Crippen LogP contribution in [0.15, 0.2) is 42.5 Å². The van der Waals surface area contributed by atoms with Crippen LogP contribution in [0.3, 0.4) is 0 Å². The number of rotatable bonds is 8. The van der Waals surface area contributed by atoms with Crippen LogP contribution in [0.2, 0.25) is 0 Å². The minimum atomic E-state index is -0.541. The monoisotopic (exact) mass is 304 g/mol. The van der Waals surface area contributed by atoms with Crippen molar-refractivity contribution < 1.29 is 14.2 Å². The van der Waals surface area contributed by atoms with E-state index >= 15 is 0 Å². The van der Waals surface area contributed by atoms with E-state index in [-0.39, 0.29) is 12.2 Å². The highest BCUT2D eigenvalue weighted by Gasteiger charge is 2.39. The maximum atomic E-state index is 5.96. The minimum Gasteiger partial charge on any atom is -0.374 e. The van der Waals surface area contributed by atoms with Gasteiger partial charge in [-0.25, -0.2) is 0 Å². The molecule has 1 fully saturated rings. The molecular weight excluding hydrogens is 276 g/mol. The molecule has 3 nitrogen and oxygen atoms in total. The Morgan fingerprint density at radius 3 is 2.68 bits per heavy atom. The number of hydrogen-bond donors (Lipinski definition) is 0. The van der Waals surface area contributed by atoms with Crippen molar-refractivity contribution in [1.82, 2.24) is 0 Å². The number of hydrogen-bond acceptors (Lipinski definition) is 3. The van der Waals surface area contributed by atoms with Crippen LogP contribution in [-0.2, 0) is 20.8 Å². The van der Waals surface area contributed by atoms with E-state index in [2.05, 4.69) is 31.2 Å². The Bertz CT molecular complexity index is 453. The Morgan fingerprint density at radius 1 is 1.18 bits per heavy atom. The molecule has 22 heavy (non-hydrogen) atoms. The molecule has 0 amide bonds. The first-order valence-electron chi connectivity index (χ1n) is 8.24. The van der Waals surface area contributed by atoms with Gasteiger partial charge in [0.05, 0.1) is 13.2 Å². The van der Waals surface area contributed by atoms with Gasteiger partial charge in [-0.15, -0.1) is 0 Å². The lowest BCUT2D eigenvalue weighted by atomic mass is 10.1. The molecule has 0 aromatic heterocycles. The van der Waals surface area contributed by atoms with Gasteiger partial charge in [-0.3, -0.25) is 0 Å². The molecule has 0 unspecified atom stereocenters. The van der Waals surface area contributed by atoms with E-state index in [0.29, 0.717) is 13.2 Å². The molecule has 0 spiro atoms. The van der Waals surface area contributed by atoms with E-state index in [1.54, 1.807) is 0 Å². The zero-order valence-corrected chi connectivity index (χ0v) is 14.0. The summed E-state index contributed by atoms with van der Waals surface area (Å²) in [6.45, 7) is 7.26. The van der Waals surface area contributed by atoms with Gasteiger partial charge in [0.25, 0.3) is 0 Å². The van der Waals surface area contributed by atoms with Gasteiger partial charge in [-0.05, 0) is 25.8 Å². The molecule has 0 N–H and O–H groups in total. The van der Waals surface area contributed by atoms with Crippen LogP contribution < -0.4 is 0 Å². The summed E-state index contributed by atoms with van der Waals surface area (Å²) in [6, 6.07) is 10.2. The zero-order chi connectivity index (χ0) is 15.8. The maximum absolute atomic E-state index is 5.96. The maximum Gasteiger partial charge on any atom is 0.164 e. The van der Waals surface area contributed by atoms with E-state index < -0.39 is 5.79 Å². The average molecular weight is 304 g/mol. The fraction of sp³-hybridized carbons (Fsp3) is 0.579. The number of unbranched alkanes of at least 4 members (excludes halogenated alkanes) is 2.